The van der Waals surface area contributed by atoms with Gasteiger partial charge in [-0.1, -0.05) is 84.6 Å². The number of nitrogens with zero attached hydrogens (tertiary/aromatic N) is 5. The van der Waals surface area contributed by atoms with Crippen molar-refractivity contribution < 1.29 is 17.9 Å². The second kappa shape index (κ2) is 12.7. The van der Waals surface area contributed by atoms with E-state index in [0.717, 1.165) is 51.8 Å². The smallest absolute Gasteiger partial charge is 0.406 e. The van der Waals surface area contributed by atoms with Gasteiger partial charge in [0.15, 0.2) is 5.17 Å². The number of hydrogen-bond acceptors (Lipinski definition) is 7. The van der Waals surface area contributed by atoms with E-state index < -0.39 is 6.36 Å². The zero-order chi connectivity index (χ0) is 29.6. The Morgan fingerprint density at radius 1 is 0.907 bits per heavy atom. The third-order valence-corrected chi connectivity index (χ3v) is 7.86. The molecule has 1 saturated heterocycles. The first-order valence-corrected chi connectivity index (χ1v) is 14.6. The number of para-hydroxylation sites is 1. The molecule has 6 rings (SSSR count). The predicted octanol–water partition coefficient (Wildman–Crippen LogP) is 7.64. The summed E-state index contributed by atoms with van der Waals surface area (Å²) < 4.78 is 41.2. The molecule has 43 heavy (non-hydrogen) atoms. The Labute approximate surface area is 251 Å². The predicted molar refractivity (Wildman–Crippen MR) is 168 cm³/mol. The molecule has 0 saturated carbocycles. The highest BCUT2D eigenvalue weighted by Gasteiger charge is 2.31. The lowest BCUT2D eigenvalue weighted by molar-refractivity contribution is -0.274. The molecule has 0 radical (unpaired) electrons. The summed E-state index contributed by atoms with van der Waals surface area (Å²) in [4.78, 5) is 6.72. The fraction of sp³-hybridized carbons (Fsp3) is 0.156. The summed E-state index contributed by atoms with van der Waals surface area (Å²) in [5.74, 6) is 0.711. The van der Waals surface area contributed by atoms with E-state index in [0.29, 0.717) is 5.69 Å². The van der Waals surface area contributed by atoms with Crippen LogP contribution in [0.25, 0.3) is 11.1 Å². The third-order valence-electron chi connectivity index (χ3n) is 6.81. The summed E-state index contributed by atoms with van der Waals surface area (Å²) in [5, 5.41) is 11.5. The van der Waals surface area contributed by atoms with E-state index in [1.807, 2.05) is 42.5 Å². The molecule has 11 heteroatoms. The van der Waals surface area contributed by atoms with Crippen molar-refractivity contribution in [2.24, 2.45) is 15.2 Å². The highest BCUT2D eigenvalue weighted by Crippen LogP contribution is 2.34. The highest BCUT2D eigenvalue weighted by molar-refractivity contribution is 8.14. The number of alkyl halides is 3. The van der Waals surface area contributed by atoms with E-state index in [1.54, 1.807) is 29.3 Å². The fourth-order valence-corrected chi connectivity index (χ4v) is 5.69. The minimum absolute atomic E-state index is 0.280. The van der Waals surface area contributed by atoms with Crippen LogP contribution in [0, 0.1) is 0 Å². The Kier molecular flexibility index (Phi) is 8.43. The number of rotatable bonds is 7. The maximum Gasteiger partial charge on any atom is 0.573 e. The number of benzene rings is 4. The minimum atomic E-state index is -4.73. The average Bonchev–Trinajstić information content (AvgIpc) is 3.52. The number of anilines is 2. The Bertz CT molecular complexity index is 1630. The summed E-state index contributed by atoms with van der Waals surface area (Å²) in [6.07, 6.45) is -0.679. The van der Waals surface area contributed by atoms with Crippen molar-refractivity contribution in [1.82, 2.24) is 5.43 Å². The number of hydrogen-bond donors (Lipinski definition) is 1. The van der Waals surface area contributed by atoms with Crippen LogP contribution in [0.2, 0.25) is 0 Å². The summed E-state index contributed by atoms with van der Waals surface area (Å²) in [5.41, 5.74) is 9.10. The molecule has 1 unspecified atom stereocenters. The first-order chi connectivity index (χ1) is 20.9. The van der Waals surface area contributed by atoms with E-state index in [4.69, 9.17) is 0 Å². The van der Waals surface area contributed by atoms with Gasteiger partial charge in [0.1, 0.15) is 18.3 Å². The largest absolute Gasteiger partial charge is 0.573 e. The molecular formula is C32H27F3N6OS. The van der Waals surface area contributed by atoms with Crippen LogP contribution in [-0.4, -0.2) is 36.4 Å². The number of amidine groups is 1. The fourth-order valence-electron chi connectivity index (χ4n) is 4.79. The molecule has 2 aliphatic rings. The zero-order valence-corrected chi connectivity index (χ0v) is 23.7. The van der Waals surface area contributed by atoms with E-state index in [2.05, 4.69) is 66.7 Å². The molecule has 4 aromatic carbocycles. The topological polar surface area (TPSA) is 64.8 Å². The van der Waals surface area contributed by atoms with E-state index in [1.165, 1.54) is 24.3 Å². The average molecular weight is 601 g/mol. The van der Waals surface area contributed by atoms with E-state index in [-0.39, 0.29) is 11.9 Å². The van der Waals surface area contributed by atoms with Crippen molar-refractivity contribution in [3.05, 3.63) is 114 Å². The normalized spacial score (nSPS) is 18.1. The van der Waals surface area contributed by atoms with Crippen LogP contribution >= 0.6 is 11.8 Å². The van der Waals surface area contributed by atoms with Gasteiger partial charge < -0.3 is 9.64 Å². The summed E-state index contributed by atoms with van der Waals surface area (Å²) in [6.45, 7) is 0.872. The van der Waals surface area contributed by atoms with Crippen LogP contribution in [0.3, 0.4) is 0 Å². The van der Waals surface area contributed by atoms with Crippen molar-refractivity contribution in [3.63, 3.8) is 0 Å². The van der Waals surface area contributed by atoms with Crippen LogP contribution in [-0.2, 0) is 0 Å². The number of hydrazine groups is 1. The van der Waals surface area contributed by atoms with Gasteiger partial charge in [-0.3, -0.25) is 5.01 Å². The third kappa shape index (κ3) is 7.07. The summed E-state index contributed by atoms with van der Waals surface area (Å²) in [6, 6.07) is 32.1. The second-order valence-corrected chi connectivity index (χ2v) is 10.8. The van der Waals surface area contributed by atoms with Gasteiger partial charge in [0.05, 0.1) is 17.6 Å². The van der Waals surface area contributed by atoms with Crippen LogP contribution in [0.15, 0.2) is 118 Å². The van der Waals surface area contributed by atoms with Crippen molar-refractivity contribution in [2.45, 2.75) is 18.9 Å². The van der Waals surface area contributed by atoms with Crippen LogP contribution in [0.4, 0.5) is 24.5 Å². The molecule has 2 heterocycles. The van der Waals surface area contributed by atoms with E-state index >= 15 is 0 Å². The zero-order valence-electron chi connectivity index (χ0n) is 22.9. The van der Waals surface area contributed by atoms with Crippen molar-refractivity contribution in [1.29, 1.82) is 0 Å². The maximum absolute atomic E-state index is 12.4. The monoisotopic (exact) mass is 600 g/mol. The molecule has 7 nitrogen and oxygen atoms in total. The summed E-state index contributed by atoms with van der Waals surface area (Å²) >= 11 is 1.70. The van der Waals surface area contributed by atoms with Crippen molar-refractivity contribution >= 4 is 40.9 Å². The number of nitrogens with one attached hydrogen (secondary N) is 1. The van der Waals surface area contributed by atoms with Crippen LogP contribution < -0.4 is 20.1 Å². The molecule has 0 aliphatic carbocycles. The van der Waals surface area contributed by atoms with Crippen molar-refractivity contribution in [2.75, 3.05) is 22.2 Å². The maximum atomic E-state index is 12.4. The van der Waals surface area contributed by atoms with Gasteiger partial charge in [-0.2, -0.15) is 10.5 Å². The van der Waals surface area contributed by atoms with Gasteiger partial charge in [-0.25, -0.2) is 4.99 Å². The van der Waals surface area contributed by atoms with E-state index in [9.17, 15) is 13.2 Å². The lowest BCUT2D eigenvalue weighted by atomic mass is 10.0. The number of thioether (sulfide) groups is 1. The standard InChI is InChI=1S/C32H27F3N6OS/c33-32(34,35)42-27-17-15-26(16-18-27)41-22-36-30(39-41)25-13-11-23(12-14-25)21-37-38-31-40(19-6-20-43-31)29-10-5-4-9-28(29)24-7-2-1-3-8-24/h1-5,7-18,21-22,30,39H,6,19-20H2/b37-21+,38-31-. The molecule has 1 atom stereocenters. The molecule has 0 aromatic heterocycles. The van der Waals surface area contributed by atoms with Gasteiger partial charge in [0.25, 0.3) is 0 Å². The summed E-state index contributed by atoms with van der Waals surface area (Å²) in [7, 11) is 0. The van der Waals surface area contributed by atoms with Gasteiger partial charge in [-0.15, -0.1) is 18.3 Å². The van der Waals surface area contributed by atoms with Crippen LogP contribution in [0.5, 0.6) is 5.75 Å². The quantitative estimate of drug-likeness (QED) is 0.175. The Hall–Kier alpha value is -4.61. The SMILES string of the molecule is FC(F)(F)Oc1ccc(N2C=NC(c3ccc(/C=N/N=C4\SCCCN4c4ccccc4-c4ccccc4)cc3)N2)cc1. The second-order valence-electron chi connectivity index (χ2n) is 9.74. The molecule has 1 fully saturated rings. The number of halogens is 3. The Morgan fingerprint density at radius 3 is 2.42 bits per heavy atom. The molecule has 0 bridgehead atoms. The first-order valence-electron chi connectivity index (χ1n) is 13.6. The van der Waals surface area contributed by atoms with Gasteiger partial charge in [-0.05, 0) is 53.4 Å². The molecule has 2 aliphatic heterocycles. The van der Waals surface area contributed by atoms with Crippen molar-refractivity contribution in [3.8, 4) is 16.9 Å². The number of ether oxygens (including phenoxy) is 1. The molecule has 0 spiro atoms. The molecule has 1 N–H and O–H groups in total. The molecule has 4 aromatic rings. The Balaban J connectivity index is 1.10. The van der Waals surface area contributed by atoms with Gasteiger partial charge in [0.2, 0.25) is 0 Å². The highest BCUT2D eigenvalue weighted by atomic mass is 32.2. The Morgan fingerprint density at radius 2 is 1.65 bits per heavy atom. The van der Waals surface area contributed by atoms with Gasteiger partial charge >= 0.3 is 6.36 Å². The first kappa shape index (κ1) is 28.5. The lowest BCUT2D eigenvalue weighted by Gasteiger charge is -2.30. The minimum Gasteiger partial charge on any atom is -0.406 e. The number of aliphatic imine (C=N–C) groups is 1. The molecule has 218 valence electrons. The van der Waals surface area contributed by atoms with Crippen LogP contribution in [0.1, 0.15) is 23.7 Å². The lowest BCUT2D eigenvalue weighted by Crippen LogP contribution is -2.34. The molecular weight excluding hydrogens is 573 g/mol. The molecule has 0 amide bonds. The van der Waals surface area contributed by atoms with Gasteiger partial charge in [0, 0.05) is 17.9 Å².